The molecule has 1 aromatic heterocycles. The molecule has 0 fully saturated rings. The van der Waals surface area contributed by atoms with Gasteiger partial charge in [0.2, 0.25) is 0 Å². The van der Waals surface area contributed by atoms with Gasteiger partial charge in [-0.25, -0.2) is 0 Å². The van der Waals surface area contributed by atoms with Crippen LogP contribution in [0.4, 0.5) is 0 Å². The predicted molar refractivity (Wildman–Crippen MR) is 140 cm³/mol. The highest BCUT2D eigenvalue weighted by molar-refractivity contribution is 7.26. The fraction of sp³-hybridized carbons (Fsp3) is 0.0968. The van der Waals surface area contributed by atoms with Crippen molar-refractivity contribution in [1.29, 1.82) is 0 Å². The zero-order chi connectivity index (χ0) is 21.4. The Morgan fingerprint density at radius 3 is 2.22 bits per heavy atom. The van der Waals surface area contributed by atoms with Gasteiger partial charge in [-0.2, -0.15) is 0 Å². The van der Waals surface area contributed by atoms with E-state index in [1.807, 2.05) is 11.3 Å². The van der Waals surface area contributed by atoms with Crippen molar-refractivity contribution in [3.8, 4) is 22.3 Å². The molecule has 1 heteroatoms. The van der Waals surface area contributed by atoms with Gasteiger partial charge in [-0.1, -0.05) is 92.7 Å². The van der Waals surface area contributed by atoms with E-state index in [-0.39, 0.29) is 5.41 Å². The van der Waals surface area contributed by atoms with Crippen LogP contribution in [-0.4, -0.2) is 0 Å². The summed E-state index contributed by atoms with van der Waals surface area (Å²) in [5, 5.41) is 5.32. The Bertz CT molecular complexity index is 1700. The number of fused-ring (bicyclic) bond motifs is 8. The molecular weight excluding hydrogens is 404 g/mol. The van der Waals surface area contributed by atoms with Crippen LogP contribution in [0.25, 0.3) is 53.2 Å². The molecule has 0 unspecified atom stereocenters. The molecule has 0 aliphatic heterocycles. The molecule has 1 aliphatic carbocycles. The average Bonchev–Trinajstić information content (AvgIpc) is 3.31. The standard InChI is InChI=1S/C31H22S/c1-31(2)26-15-13-22(21-12-11-19-7-3-4-8-20(19)17-21)18-25(26)29-27(31)16-14-24-23-9-5-6-10-28(23)32-30(24)29/h3-18H,1-2H3. The molecule has 0 amide bonds. The van der Waals surface area contributed by atoms with Gasteiger partial charge >= 0.3 is 0 Å². The highest BCUT2D eigenvalue weighted by Crippen LogP contribution is 2.54. The predicted octanol–water partition coefficient (Wildman–Crippen LogP) is 9.18. The Morgan fingerprint density at radius 1 is 0.594 bits per heavy atom. The summed E-state index contributed by atoms with van der Waals surface area (Å²) in [5.41, 5.74) is 8.29. The molecule has 0 N–H and O–H groups in total. The Morgan fingerprint density at radius 2 is 1.31 bits per heavy atom. The molecule has 6 aromatic rings. The maximum absolute atomic E-state index is 2.43. The highest BCUT2D eigenvalue weighted by Gasteiger charge is 2.37. The monoisotopic (exact) mass is 426 g/mol. The van der Waals surface area contributed by atoms with Gasteiger partial charge in [-0.15, -0.1) is 11.3 Å². The minimum atomic E-state index is 0.0109. The van der Waals surface area contributed by atoms with Crippen LogP contribution in [0, 0.1) is 0 Å². The first-order valence-electron chi connectivity index (χ1n) is 11.2. The third-order valence-corrected chi connectivity index (χ3v) is 8.47. The summed E-state index contributed by atoms with van der Waals surface area (Å²) >= 11 is 1.93. The SMILES string of the molecule is CC1(C)c2ccc(-c3ccc4ccccc4c3)cc2-c2c1ccc1c2sc2ccccc21. The second kappa shape index (κ2) is 6.31. The number of thiophene rings is 1. The number of benzene rings is 5. The van der Waals surface area contributed by atoms with Crippen LogP contribution >= 0.6 is 11.3 Å². The van der Waals surface area contributed by atoms with Crippen molar-refractivity contribution in [3.05, 3.63) is 108 Å². The summed E-state index contributed by atoms with van der Waals surface area (Å²) in [6, 6.07) is 36.0. The van der Waals surface area contributed by atoms with Gasteiger partial charge < -0.3 is 0 Å². The molecule has 0 spiro atoms. The van der Waals surface area contributed by atoms with Crippen LogP contribution in [-0.2, 0) is 5.41 Å². The van der Waals surface area contributed by atoms with Crippen LogP contribution in [0.1, 0.15) is 25.0 Å². The zero-order valence-corrected chi connectivity index (χ0v) is 19.0. The van der Waals surface area contributed by atoms with Crippen molar-refractivity contribution in [2.45, 2.75) is 19.3 Å². The van der Waals surface area contributed by atoms with Gasteiger partial charge in [0, 0.05) is 31.2 Å². The van der Waals surface area contributed by atoms with E-state index in [2.05, 4.69) is 111 Å². The van der Waals surface area contributed by atoms with Crippen molar-refractivity contribution >= 4 is 42.3 Å². The summed E-state index contributed by atoms with van der Waals surface area (Å²) in [7, 11) is 0. The molecule has 0 saturated heterocycles. The zero-order valence-electron chi connectivity index (χ0n) is 18.1. The summed E-state index contributed by atoms with van der Waals surface area (Å²) < 4.78 is 2.79. The topological polar surface area (TPSA) is 0 Å². The second-order valence-corrected chi connectivity index (χ2v) is 10.5. The van der Waals surface area contributed by atoms with Crippen molar-refractivity contribution < 1.29 is 0 Å². The minimum absolute atomic E-state index is 0.0109. The molecule has 0 radical (unpaired) electrons. The molecule has 1 heterocycles. The Balaban J connectivity index is 1.51. The van der Waals surface area contributed by atoms with E-state index in [1.165, 1.54) is 64.3 Å². The second-order valence-electron chi connectivity index (χ2n) is 9.41. The highest BCUT2D eigenvalue weighted by atomic mass is 32.1. The number of hydrogen-bond acceptors (Lipinski definition) is 1. The third-order valence-electron chi connectivity index (χ3n) is 7.27. The molecule has 0 bridgehead atoms. The van der Waals surface area contributed by atoms with Crippen LogP contribution in [0.5, 0.6) is 0 Å². The number of hydrogen-bond donors (Lipinski definition) is 0. The molecule has 0 nitrogen and oxygen atoms in total. The fourth-order valence-electron chi connectivity index (χ4n) is 5.57. The van der Waals surface area contributed by atoms with Gasteiger partial charge in [0.1, 0.15) is 0 Å². The van der Waals surface area contributed by atoms with Crippen LogP contribution in [0.15, 0.2) is 97.1 Å². The third kappa shape index (κ3) is 2.37. The Hall–Kier alpha value is -3.42. The van der Waals surface area contributed by atoms with E-state index in [9.17, 15) is 0 Å². The first-order chi connectivity index (χ1) is 15.6. The molecular formula is C31H22S. The first-order valence-corrected chi connectivity index (χ1v) is 12.0. The molecule has 0 saturated carbocycles. The van der Waals surface area contributed by atoms with Crippen molar-refractivity contribution in [3.63, 3.8) is 0 Å². The lowest BCUT2D eigenvalue weighted by Gasteiger charge is -2.21. The maximum atomic E-state index is 2.43. The molecule has 152 valence electrons. The molecule has 32 heavy (non-hydrogen) atoms. The van der Waals surface area contributed by atoms with E-state index in [4.69, 9.17) is 0 Å². The fourth-order valence-corrected chi connectivity index (χ4v) is 6.83. The van der Waals surface area contributed by atoms with Crippen LogP contribution in [0.3, 0.4) is 0 Å². The van der Waals surface area contributed by atoms with E-state index in [1.54, 1.807) is 0 Å². The van der Waals surface area contributed by atoms with E-state index >= 15 is 0 Å². The van der Waals surface area contributed by atoms with Crippen molar-refractivity contribution in [2.75, 3.05) is 0 Å². The maximum Gasteiger partial charge on any atom is 0.0437 e. The van der Waals surface area contributed by atoms with E-state index in [0.717, 1.165) is 0 Å². The van der Waals surface area contributed by atoms with Crippen LogP contribution in [0.2, 0.25) is 0 Å². The molecule has 5 aromatic carbocycles. The van der Waals surface area contributed by atoms with E-state index < -0.39 is 0 Å². The normalized spacial score (nSPS) is 14.2. The van der Waals surface area contributed by atoms with Gasteiger partial charge in [0.25, 0.3) is 0 Å². The molecule has 0 atom stereocenters. The summed E-state index contributed by atoms with van der Waals surface area (Å²) in [6.07, 6.45) is 0. The lowest BCUT2D eigenvalue weighted by Crippen LogP contribution is -2.14. The van der Waals surface area contributed by atoms with Crippen molar-refractivity contribution in [2.24, 2.45) is 0 Å². The van der Waals surface area contributed by atoms with Crippen molar-refractivity contribution in [1.82, 2.24) is 0 Å². The summed E-state index contributed by atoms with van der Waals surface area (Å²) in [5.74, 6) is 0. The van der Waals surface area contributed by atoms with E-state index in [0.29, 0.717) is 0 Å². The molecule has 7 rings (SSSR count). The quantitative estimate of drug-likeness (QED) is 0.246. The summed E-state index contributed by atoms with van der Waals surface area (Å²) in [6.45, 7) is 4.74. The van der Waals surface area contributed by atoms with Gasteiger partial charge in [0.15, 0.2) is 0 Å². The Kier molecular flexibility index (Phi) is 3.58. The lowest BCUT2D eigenvalue weighted by molar-refractivity contribution is 0.661. The average molecular weight is 427 g/mol. The van der Waals surface area contributed by atoms with Gasteiger partial charge in [-0.3, -0.25) is 0 Å². The number of rotatable bonds is 1. The molecule has 1 aliphatic rings. The minimum Gasteiger partial charge on any atom is -0.135 e. The van der Waals surface area contributed by atoms with Gasteiger partial charge in [0.05, 0.1) is 0 Å². The first kappa shape index (κ1) is 18.2. The van der Waals surface area contributed by atoms with Crippen LogP contribution < -0.4 is 0 Å². The Labute approximate surface area is 191 Å². The largest absolute Gasteiger partial charge is 0.135 e. The lowest BCUT2D eigenvalue weighted by atomic mass is 9.82. The van der Waals surface area contributed by atoms with Gasteiger partial charge in [-0.05, 0) is 56.8 Å². The smallest absolute Gasteiger partial charge is 0.0437 e. The summed E-state index contributed by atoms with van der Waals surface area (Å²) in [4.78, 5) is 0.